The number of nitrogens with zero attached hydrogens (tertiary/aromatic N) is 1. The third-order valence-electron chi connectivity index (χ3n) is 3.16. The van der Waals surface area contributed by atoms with Crippen molar-refractivity contribution in [2.75, 3.05) is 14.2 Å². The molecule has 0 saturated carbocycles. The zero-order valence-corrected chi connectivity index (χ0v) is 12.2. The van der Waals surface area contributed by atoms with Crippen LogP contribution in [0.3, 0.4) is 0 Å². The van der Waals surface area contributed by atoms with Crippen LogP contribution >= 0.6 is 0 Å². The highest BCUT2D eigenvalue weighted by molar-refractivity contribution is 5.42. The lowest BCUT2D eigenvalue weighted by molar-refractivity contribution is 0.354. The molecular formula is C17H18N2O2. The molecule has 2 aromatic carbocycles. The number of nitriles is 1. The van der Waals surface area contributed by atoms with E-state index in [4.69, 9.17) is 14.7 Å². The lowest BCUT2D eigenvalue weighted by Gasteiger charge is -2.10. The number of rotatable bonds is 6. The first kappa shape index (κ1) is 14.9. The third kappa shape index (κ3) is 3.98. The molecule has 0 aliphatic carbocycles. The summed E-state index contributed by atoms with van der Waals surface area (Å²) in [5.41, 5.74) is 2.89. The highest BCUT2D eigenvalue weighted by Gasteiger charge is 2.04. The predicted molar refractivity (Wildman–Crippen MR) is 81.2 cm³/mol. The highest BCUT2D eigenvalue weighted by Crippen LogP contribution is 2.27. The average molecular weight is 282 g/mol. The summed E-state index contributed by atoms with van der Waals surface area (Å²) in [7, 11) is 3.25. The van der Waals surface area contributed by atoms with Crippen molar-refractivity contribution >= 4 is 0 Å². The second-order valence-electron chi connectivity index (χ2n) is 4.61. The summed E-state index contributed by atoms with van der Waals surface area (Å²) in [6.07, 6.45) is 0. The lowest BCUT2D eigenvalue weighted by atomic mass is 10.1. The Bertz CT molecular complexity index is 647. The quantitative estimate of drug-likeness (QED) is 0.885. The first-order valence-electron chi connectivity index (χ1n) is 6.67. The Kier molecular flexibility index (Phi) is 5.19. The van der Waals surface area contributed by atoms with Crippen molar-refractivity contribution < 1.29 is 9.47 Å². The van der Waals surface area contributed by atoms with E-state index in [9.17, 15) is 0 Å². The zero-order chi connectivity index (χ0) is 15.1. The summed E-state index contributed by atoms with van der Waals surface area (Å²) in [5, 5.41) is 12.2. The molecule has 0 spiro atoms. The van der Waals surface area contributed by atoms with Crippen molar-refractivity contribution in [2.24, 2.45) is 0 Å². The van der Waals surface area contributed by atoms with Gasteiger partial charge in [0.2, 0.25) is 0 Å². The second-order valence-corrected chi connectivity index (χ2v) is 4.61. The van der Waals surface area contributed by atoms with Gasteiger partial charge in [-0.05, 0) is 35.4 Å². The minimum absolute atomic E-state index is 0.681. The van der Waals surface area contributed by atoms with Gasteiger partial charge in [0.25, 0.3) is 0 Å². The largest absolute Gasteiger partial charge is 0.493 e. The van der Waals surface area contributed by atoms with Crippen molar-refractivity contribution in [1.82, 2.24) is 5.32 Å². The molecule has 2 rings (SSSR count). The van der Waals surface area contributed by atoms with Gasteiger partial charge < -0.3 is 14.8 Å². The van der Waals surface area contributed by atoms with Gasteiger partial charge in [-0.2, -0.15) is 5.26 Å². The summed E-state index contributed by atoms with van der Waals surface area (Å²) >= 11 is 0. The zero-order valence-electron chi connectivity index (χ0n) is 12.2. The van der Waals surface area contributed by atoms with E-state index in [1.165, 1.54) is 0 Å². The summed E-state index contributed by atoms with van der Waals surface area (Å²) in [4.78, 5) is 0. The summed E-state index contributed by atoms with van der Waals surface area (Å²) < 4.78 is 10.5. The van der Waals surface area contributed by atoms with Crippen LogP contribution < -0.4 is 14.8 Å². The maximum Gasteiger partial charge on any atom is 0.161 e. The minimum Gasteiger partial charge on any atom is -0.493 e. The molecule has 0 fully saturated rings. The van der Waals surface area contributed by atoms with E-state index in [-0.39, 0.29) is 0 Å². The fourth-order valence-corrected chi connectivity index (χ4v) is 2.09. The van der Waals surface area contributed by atoms with Crippen LogP contribution in [0.4, 0.5) is 0 Å². The Balaban J connectivity index is 1.95. The number of ether oxygens (including phenoxy) is 2. The van der Waals surface area contributed by atoms with Gasteiger partial charge in [0, 0.05) is 13.1 Å². The molecule has 4 heteroatoms. The molecule has 0 aromatic heterocycles. The summed E-state index contributed by atoms with van der Waals surface area (Å²) in [5.74, 6) is 1.45. The molecule has 0 aliphatic rings. The van der Waals surface area contributed by atoms with Gasteiger partial charge in [0.15, 0.2) is 11.5 Å². The fourth-order valence-electron chi connectivity index (χ4n) is 2.09. The number of hydrogen-bond donors (Lipinski definition) is 1. The third-order valence-corrected chi connectivity index (χ3v) is 3.16. The van der Waals surface area contributed by atoms with Crippen molar-refractivity contribution in [1.29, 1.82) is 5.26 Å². The molecule has 0 atom stereocenters. The molecule has 0 radical (unpaired) electrons. The summed E-state index contributed by atoms with van der Waals surface area (Å²) in [6, 6.07) is 15.6. The minimum atomic E-state index is 0.681. The molecule has 108 valence electrons. The monoisotopic (exact) mass is 282 g/mol. The van der Waals surface area contributed by atoms with E-state index in [0.717, 1.165) is 29.2 Å². The highest BCUT2D eigenvalue weighted by atomic mass is 16.5. The van der Waals surface area contributed by atoms with Crippen LogP contribution in [0, 0.1) is 11.3 Å². The number of nitrogens with one attached hydrogen (secondary N) is 1. The molecule has 0 bridgehead atoms. The number of hydrogen-bond acceptors (Lipinski definition) is 4. The van der Waals surface area contributed by atoms with Gasteiger partial charge in [-0.1, -0.05) is 18.2 Å². The van der Waals surface area contributed by atoms with Gasteiger partial charge in [0.1, 0.15) is 0 Å². The van der Waals surface area contributed by atoms with Crippen molar-refractivity contribution in [3.8, 4) is 17.6 Å². The molecule has 1 N–H and O–H groups in total. The topological polar surface area (TPSA) is 54.3 Å². The molecule has 0 saturated heterocycles. The Hall–Kier alpha value is -2.51. The molecule has 21 heavy (non-hydrogen) atoms. The van der Waals surface area contributed by atoms with Crippen LogP contribution in [-0.2, 0) is 13.1 Å². The second kappa shape index (κ2) is 7.32. The first-order valence-corrected chi connectivity index (χ1v) is 6.67. The van der Waals surface area contributed by atoms with E-state index in [0.29, 0.717) is 12.1 Å². The van der Waals surface area contributed by atoms with Crippen LogP contribution in [0.1, 0.15) is 16.7 Å². The van der Waals surface area contributed by atoms with Crippen LogP contribution in [0.2, 0.25) is 0 Å². The van der Waals surface area contributed by atoms with E-state index in [2.05, 4.69) is 11.4 Å². The Labute approximate surface area is 124 Å². The number of methoxy groups -OCH3 is 2. The van der Waals surface area contributed by atoms with Gasteiger partial charge >= 0.3 is 0 Å². The van der Waals surface area contributed by atoms with E-state index < -0.39 is 0 Å². The lowest BCUT2D eigenvalue weighted by Crippen LogP contribution is -2.12. The van der Waals surface area contributed by atoms with Gasteiger partial charge in [0.05, 0.1) is 25.9 Å². The van der Waals surface area contributed by atoms with Crippen LogP contribution in [0.5, 0.6) is 11.5 Å². The van der Waals surface area contributed by atoms with Crippen molar-refractivity contribution in [3.63, 3.8) is 0 Å². The molecule has 0 heterocycles. The standard InChI is InChI=1S/C17H18N2O2/c1-20-16-7-6-15(9-17(16)21-2)12-19-11-14-5-3-4-13(8-14)10-18/h3-9,19H,11-12H2,1-2H3. The molecule has 0 aliphatic heterocycles. The molecule has 0 unspecified atom stereocenters. The van der Waals surface area contributed by atoms with Gasteiger partial charge in [-0.25, -0.2) is 0 Å². The maximum absolute atomic E-state index is 8.88. The molecular weight excluding hydrogens is 264 g/mol. The normalized spacial score (nSPS) is 9.95. The average Bonchev–Trinajstić information content (AvgIpc) is 2.55. The fraction of sp³-hybridized carbons (Fsp3) is 0.235. The molecule has 2 aromatic rings. The summed E-state index contributed by atoms with van der Waals surface area (Å²) in [6.45, 7) is 1.43. The Morgan fingerprint density at radius 2 is 1.67 bits per heavy atom. The van der Waals surface area contributed by atoms with E-state index >= 15 is 0 Å². The van der Waals surface area contributed by atoms with E-state index in [1.54, 1.807) is 20.3 Å². The van der Waals surface area contributed by atoms with Crippen LogP contribution in [-0.4, -0.2) is 14.2 Å². The number of benzene rings is 2. The Morgan fingerprint density at radius 1 is 0.952 bits per heavy atom. The molecule has 0 amide bonds. The van der Waals surface area contributed by atoms with E-state index in [1.807, 2.05) is 36.4 Å². The first-order chi connectivity index (χ1) is 10.3. The SMILES string of the molecule is COc1ccc(CNCc2cccc(C#N)c2)cc1OC. The van der Waals surface area contributed by atoms with Crippen molar-refractivity contribution in [2.45, 2.75) is 13.1 Å². The van der Waals surface area contributed by atoms with Crippen LogP contribution in [0.15, 0.2) is 42.5 Å². The smallest absolute Gasteiger partial charge is 0.161 e. The van der Waals surface area contributed by atoms with Crippen LogP contribution in [0.25, 0.3) is 0 Å². The molecule has 4 nitrogen and oxygen atoms in total. The maximum atomic E-state index is 8.88. The predicted octanol–water partition coefficient (Wildman–Crippen LogP) is 2.87. The van der Waals surface area contributed by atoms with Gasteiger partial charge in [-0.3, -0.25) is 0 Å². The Morgan fingerprint density at radius 3 is 2.33 bits per heavy atom. The van der Waals surface area contributed by atoms with Crippen molar-refractivity contribution in [3.05, 3.63) is 59.2 Å². The van der Waals surface area contributed by atoms with Gasteiger partial charge in [-0.15, -0.1) is 0 Å².